The lowest BCUT2D eigenvalue weighted by molar-refractivity contribution is -0.142. The second kappa shape index (κ2) is 11.1. The van der Waals surface area contributed by atoms with Gasteiger partial charge in [-0.05, 0) is 88.9 Å². The van der Waals surface area contributed by atoms with Crippen LogP contribution in [0.15, 0.2) is 72.8 Å². The van der Waals surface area contributed by atoms with E-state index >= 15 is 4.39 Å². The summed E-state index contributed by atoms with van der Waals surface area (Å²) < 4.78 is 97.2. The van der Waals surface area contributed by atoms with Crippen molar-refractivity contribution in [1.29, 1.82) is 0 Å². The molecule has 206 valence electrons. The third kappa shape index (κ3) is 5.77. The van der Waals surface area contributed by atoms with Crippen LogP contribution in [-0.2, 0) is 25.4 Å². The lowest BCUT2D eigenvalue weighted by Gasteiger charge is -2.12. The van der Waals surface area contributed by atoms with Crippen molar-refractivity contribution in [3.8, 4) is 22.3 Å². The van der Waals surface area contributed by atoms with E-state index < -0.39 is 35.0 Å². The Labute approximate surface area is 230 Å². The molecule has 8 heteroatoms. The third-order valence-corrected chi connectivity index (χ3v) is 7.96. The Hall–Kier alpha value is -3.65. The molecule has 5 aromatic rings. The molecule has 40 heavy (non-hydrogen) atoms. The molecular weight excluding hydrogens is 549 g/mol. The summed E-state index contributed by atoms with van der Waals surface area (Å²) >= 11 is 1.73. The van der Waals surface area contributed by atoms with Gasteiger partial charge in [0.05, 0.1) is 0 Å². The Balaban J connectivity index is 1.33. The maximum Gasteiger partial charge on any atom is 0.422 e. The number of aryl methyl sites for hydroxylation is 3. The molecule has 0 radical (unpaired) electrons. The third-order valence-electron chi connectivity index (χ3n) is 6.80. The van der Waals surface area contributed by atoms with Crippen LogP contribution in [0.4, 0.5) is 30.7 Å². The van der Waals surface area contributed by atoms with Crippen molar-refractivity contribution < 1.29 is 30.7 Å². The van der Waals surface area contributed by atoms with Crippen LogP contribution in [0.2, 0.25) is 0 Å². The average Bonchev–Trinajstić information content (AvgIpc) is 3.28. The van der Waals surface area contributed by atoms with Crippen molar-refractivity contribution in [1.82, 2.24) is 0 Å². The van der Waals surface area contributed by atoms with Crippen LogP contribution in [0.25, 0.3) is 32.3 Å². The molecule has 0 atom stereocenters. The molecule has 0 spiro atoms. The highest BCUT2D eigenvalue weighted by atomic mass is 32.1. The molecule has 0 unspecified atom stereocenters. The van der Waals surface area contributed by atoms with Gasteiger partial charge in [-0.2, -0.15) is 13.2 Å². The van der Waals surface area contributed by atoms with Crippen molar-refractivity contribution >= 4 is 21.4 Å². The van der Waals surface area contributed by atoms with Crippen molar-refractivity contribution in [2.75, 3.05) is 0 Å². The standard InChI is InChI=1S/C32H23F7S/c1-2-3-24-14-23-9-7-21(17-30(23)40-24)20-10-11-25(27(34)15-20)22-8-6-19(26(33)16-22)5-4-18-12-28(35)31(29(36)13-18)32(37,38)39/h6-17H,2-5H2,1H3. The quantitative estimate of drug-likeness (QED) is 0.170. The highest BCUT2D eigenvalue weighted by molar-refractivity contribution is 7.19. The lowest BCUT2D eigenvalue weighted by Crippen LogP contribution is -2.12. The summed E-state index contributed by atoms with van der Waals surface area (Å²) in [6.07, 6.45) is -3.17. The van der Waals surface area contributed by atoms with Gasteiger partial charge in [0, 0.05) is 15.1 Å². The minimum Gasteiger partial charge on any atom is -0.207 e. The lowest BCUT2D eigenvalue weighted by atomic mass is 9.96. The minimum atomic E-state index is -5.15. The molecule has 0 nitrogen and oxygen atoms in total. The van der Waals surface area contributed by atoms with Crippen molar-refractivity contribution in [2.24, 2.45) is 0 Å². The first-order valence-corrected chi connectivity index (χ1v) is 13.5. The van der Waals surface area contributed by atoms with Gasteiger partial charge in [-0.15, -0.1) is 11.3 Å². The normalized spacial score (nSPS) is 11.9. The van der Waals surface area contributed by atoms with Gasteiger partial charge in [0.2, 0.25) is 0 Å². The van der Waals surface area contributed by atoms with Crippen molar-refractivity contribution in [3.05, 3.63) is 118 Å². The molecule has 0 amide bonds. The first kappa shape index (κ1) is 27.9. The van der Waals surface area contributed by atoms with Gasteiger partial charge in [0.25, 0.3) is 0 Å². The summed E-state index contributed by atoms with van der Waals surface area (Å²) in [7, 11) is 0. The Morgan fingerprint density at radius 2 is 1.27 bits per heavy atom. The van der Waals surface area contributed by atoms with Gasteiger partial charge in [-0.3, -0.25) is 0 Å². The van der Waals surface area contributed by atoms with E-state index in [1.807, 2.05) is 18.2 Å². The molecule has 0 saturated carbocycles. The van der Waals surface area contributed by atoms with E-state index in [0.717, 1.165) is 28.5 Å². The molecule has 0 aliphatic heterocycles. The first-order valence-electron chi connectivity index (χ1n) is 12.7. The number of hydrogen-bond acceptors (Lipinski definition) is 1. The predicted octanol–water partition coefficient (Wildman–Crippen LogP) is 10.5. The van der Waals surface area contributed by atoms with E-state index in [0.29, 0.717) is 23.3 Å². The van der Waals surface area contributed by atoms with Gasteiger partial charge in [-0.25, -0.2) is 17.6 Å². The Bertz CT molecular complexity index is 1680. The number of benzene rings is 4. The maximum absolute atomic E-state index is 15.2. The smallest absolute Gasteiger partial charge is 0.207 e. The van der Waals surface area contributed by atoms with Crippen LogP contribution in [-0.4, -0.2) is 0 Å². The van der Waals surface area contributed by atoms with Gasteiger partial charge in [-0.1, -0.05) is 49.7 Å². The molecule has 1 aromatic heterocycles. The molecule has 0 aliphatic carbocycles. The fourth-order valence-corrected chi connectivity index (χ4v) is 6.01. The van der Waals surface area contributed by atoms with Crippen LogP contribution in [0.1, 0.15) is 34.9 Å². The summed E-state index contributed by atoms with van der Waals surface area (Å²) in [5, 5.41) is 1.15. The number of thiophene rings is 1. The van der Waals surface area contributed by atoms with Crippen LogP contribution >= 0.6 is 11.3 Å². The van der Waals surface area contributed by atoms with E-state index in [9.17, 15) is 26.3 Å². The van der Waals surface area contributed by atoms with E-state index in [1.165, 1.54) is 29.1 Å². The molecule has 0 N–H and O–H groups in total. The molecule has 0 bridgehead atoms. The molecule has 0 fully saturated rings. The summed E-state index contributed by atoms with van der Waals surface area (Å²) in [6.45, 7) is 2.13. The summed E-state index contributed by atoms with van der Waals surface area (Å²) in [5.74, 6) is -4.60. The summed E-state index contributed by atoms with van der Waals surface area (Å²) in [5.41, 5.74) is 0.303. The SMILES string of the molecule is CCCc1cc2ccc(-c3ccc(-c4ccc(CCc5cc(F)c(C(F)(F)F)c(F)c5)c(F)c4)c(F)c3)cc2s1. The fourth-order valence-electron chi connectivity index (χ4n) is 4.80. The average molecular weight is 573 g/mol. The highest BCUT2D eigenvalue weighted by Crippen LogP contribution is 2.35. The fraction of sp³-hybridized carbons (Fsp3) is 0.188. The minimum absolute atomic E-state index is 0.0110. The van der Waals surface area contributed by atoms with Crippen molar-refractivity contribution in [3.63, 3.8) is 0 Å². The zero-order valence-corrected chi connectivity index (χ0v) is 22.1. The van der Waals surface area contributed by atoms with E-state index in [4.69, 9.17) is 0 Å². The second-order valence-corrected chi connectivity index (χ2v) is 10.8. The first-order chi connectivity index (χ1) is 19.0. The highest BCUT2D eigenvalue weighted by Gasteiger charge is 2.37. The maximum atomic E-state index is 15.2. The summed E-state index contributed by atoms with van der Waals surface area (Å²) in [6, 6.07) is 18.3. The van der Waals surface area contributed by atoms with E-state index in [2.05, 4.69) is 13.0 Å². The predicted molar refractivity (Wildman–Crippen MR) is 145 cm³/mol. The summed E-state index contributed by atoms with van der Waals surface area (Å²) in [4.78, 5) is 1.31. The molecule has 4 aromatic carbocycles. The van der Waals surface area contributed by atoms with E-state index in [-0.39, 0.29) is 29.5 Å². The Kier molecular flexibility index (Phi) is 7.73. The van der Waals surface area contributed by atoms with Crippen LogP contribution in [0.5, 0.6) is 0 Å². The number of rotatable bonds is 7. The molecule has 5 rings (SSSR count). The van der Waals surface area contributed by atoms with Gasteiger partial charge >= 0.3 is 6.18 Å². The Morgan fingerprint density at radius 1 is 0.625 bits per heavy atom. The largest absolute Gasteiger partial charge is 0.422 e. The number of hydrogen-bond donors (Lipinski definition) is 0. The molecule has 1 heterocycles. The van der Waals surface area contributed by atoms with Crippen LogP contribution < -0.4 is 0 Å². The van der Waals surface area contributed by atoms with Crippen LogP contribution in [0.3, 0.4) is 0 Å². The van der Waals surface area contributed by atoms with Gasteiger partial charge in [0.1, 0.15) is 28.8 Å². The van der Waals surface area contributed by atoms with Gasteiger partial charge in [0.15, 0.2) is 0 Å². The number of halogens is 7. The number of fused-ring (bicyclic) bond motifs is 1. The van der Waals surface area contributed by atoms with E-state index in [1.54, 1.807) is 23.5 Å². The topological polar surface area (TPSA) is 0 Å². The zero-order valence-electron chi connectivity index (χ0n) is 21.3. The van der Waals surface area contributed by atoms with Gasteiger partial charge < -0.3 is 0 Å². The zero-order chi connectivity index (χ0) is 28.6. The van der Waals surface area contributed by atoms with Crippen LogP contribution in [0, 0.1) is 23.3 Å². The molecule has 0 saturated heterocycles. The molecular formula is C32H23F7S. The molecule has 0 aliphatic rings. The monoisotopic (exact) mass is 572 g/mol. The second-order valence-electron chi connectivity index (χ2n) is 9.65. The van der Waals surface area contributed by atoms with Crippen molar-refractivity contribution in [2.45, 2.75) is 38.8 Å². The Morgan fingerprint density at radius 3 is 1.93 bits per heavy atom. The number of alkyl halides is 3.